The number of aryl methyl sites for hydroxylation is 4. The zero-order chi connectivity index (χ0) is 28.3. The first-order valence-electron chi connectivity index (χ1n) is 12.4. The number of hydrogen-bond donors (Lipinski definition) is 1. The Labute approximate surface area is 238 Å². The molecule has 0 aliphatic rings. The molecule has 0 bridgehead atoms. The topological polar surface area (TPSA) is 83.8 Å². The molecule has 0 aliphatic carbocycles. The molecule has 0 saturated carbocycles. The molecular formula is C30H31BrN4O3S. The van der Waals surface area contributed by atoms with Gasteiger partial charge in [0.05, 0.1) is 16.8 Å². The van der Waals surface area contributed by atoms with Crippen molar-refractivity contribution in [2.24, 2.45) is 5.10 Å². The Morgan fingerprint density at radius 1 is 0.923 bits per heavy atom. The summed E-state index contributed by atoms with van der Waals surface area (Å²) < 4.78 is 31.0. The lowest BCUT2D eigenvalue weighted by atomic mass is 10.1. The maximum Gasteiger partial charge on any atom is 0.264 e. The fourth-order valence-electron chi connectivity index (χ4n) is 4.52. The van der Waals surface area contributed by atoms with Crippen LogP contribution in [0.15, 0.2) is 87.3 Å². The smallest absolute Gasteiger partial charge is 0.264 e. The number of carbonyl (C=O) groups is 1. The summed E-state index contributed by atoms with van der Waals surface area (Å²) in [5, 5.41) is 4.15. The van der Waals surface area contributed by atoms with Gasteiger partial charge >= 0.3 is 0 Å². The highest BCUT2D eigenvalue weighted by atomic mass is 79.9. The van der Waals surface area contributed by atoms with Gasteiger partial charge in [0.25, 0.3) is 15.9 Å². The number of anilines is 1. The van der Waals surface area contributed by atoms with Crippen LogP contribution >= 0.6 is 15.9 Å². The SMILES string of the molecule is Cc1ccc(S(=O)(=O)N(CC(=O)N/N=C\c2cc(C)n(-c3cc(C)cc(C)c3)c2C)c2cccc(Br)c2)cc1. The molecule has 4 aromatic rings. The van der Waals surface area contributed by atoms with Gasteiger partial charge in [0.1, 0.15) is 6.54 Å². The molecule has 0 radical (unpaired) electrons. The van der Waals surface area contributed by atoms with Crippen molar-refractivity contribution in [2.75, 3.05) is 10.8 Å². The van der Waals surface area contributed by atoms with Gasteiger partial charge in [0.2, 0.25) is 0 Å². The number of hydrazone groups is 1. The number of amides is 1. The highest BCUT2D eigenvalue weighted by Gasteiger charge is 2.27. The van der Waals surface area contributed by atoms with E-state index in [1.54, 1.807) is 42.6 Å². The van der Waals surface area contributed by atoms with E-state index in [9.17, 15) is 13.2 Å². The monoisotopic (exact) mass is 606 g/mol. The number of sulfonamides is 1. The molecule has 1 aromatic heterocycles. The van der Waals surface area contributed by atoms with Crippen molar-refractivity contribution in [2.45, 2.75) is 39.5 Å². The van der Waals surface area contributed by atoms with E-state index in [-0.39, 0.29) is 4.90 Å². The summed E-state index contributed by atoms with van der Waals surface area (Å²) in [5.41, 5.74) is 10.1. The Morgan fingerprint density at radius 2 is 1.59 bits per heavy atom. The molecular weight excluding hydrogens is 576 g/mol. The van der Waals surface area contributed by atoms with Gasteiger partial charge in [0, 0.05) is 27.1 Å². The zero-order valence-corrected chi connectivity index (χ0v) is 25.0. The average molecular weight is 608 g/mol. The summed E-state index contributed by atoms with van der Waals surface area (Å²) in [6, 6.07) is 21.7. The number of halogens is 1. The molecule has 3 aromatic carbocycles. The third-order valence-corrected chi connectivity index (χ3v) is 8.60. The molecule has 1 amide bonds. The van der Waals surface area contributed by atoms with Crippen LogP contribution in [0.2, 0.25) is 0 Å². The minimum absolute atomic E-state index is 0.100. The molecule has 39 heavy (non-hydrogen) atoms. The van der Waals surface area contributed by atoms with Crippen LogP contribution < -0.4 is 9.73 Å². The molecule has 1 N–H and O–H groups in total. The van der Waals surface area contributed by atoms with E-state index in [2.05, 4.69) is 63.1 Å². The minimum Gasteiger partial charge on any atom is -0.318 e. The molecule has 4 rings (SSSR count). The van der Waals surface area contributed by atoms with E-state index < -0.39 is 22.5 Å². The van der Waals surface area contributed by atoms with Crippen LogP contribution in [-0.2, 0) is 14.8 Å². The van der Waals surface area contributed by atoms with Gasteiger partial charge in [-0.1, -0.05) is 45.8 Å². The normalized spacial score (nSPS) is 11.6. The van der Waals surface area contributed by atoms with Gasteiger partial charge in [-0.15, -0.1) is 0 Å². The van der Waals surface area contributed by atoms with Crippen LogP contribution in [0, 0.1) is 34.6 Å². The maximum atomic E-state index is 13.5. The minimum atomic E-state index is -4.01. The van der Waals surface area contributed by atoms with Crippen molar-refractivity contribution in [3.63, 3.8) is 0 Å². The Hall–Kier alpha value is -3.69. The number of nitrogens with zero attached hydrogens (tertiary/aromatic N) is 3. The predicted molar refractivity (Wildman–Crippen MR) is 160 cm³/mol. The lowest BCUT2D eigenvalue weighted by molar-refractivity contribution is -0.119. The Bertz CT molecular complexity index is 1640. The number of hydrogen-bond acceptors (Lipinski definition) is 4. The van der Waals surface area contributed by atoms with Gasteiger partial charge in [-0.2, -0.15) is 5.10 Å². The van der Waals surface area contributed by atoms with Gasteiger partial charge in [-0.25, -0.2) is 13.8 Å². The number of carbonyl (C=O) groups excluding carboxylic acids is 1. The summed E-state index contributed by atoms with van der Waals surface area (Å²) in [6.07, 6.45) is 1.58. The summed E-state index contributed by atoms with van der Waals surface area (Å²) in [7, 11) is -4.01. The molecule has 0 aliphatic heterocycles. The molecule has 0 fully saturated rings. The zero-order valence-electron chi connectivity index (χ0n) is 22.6. The third-order valence-electron chi connectivity index (χ3n) is 6.32. The molecule has 0 unspecified atom stereocenters. The highest BCUT2D eigenvalue weighted by molar-refractivity contribution is 9.10. The molecule has 9 heteroatoms. The first-order chi connectivity index (χ1) is 18.5. The first kappa shape index (κ1) is 28.3. The fraction of sp³-hybridized carbons (Fsp3) is 0.200. The second kappa shape index (κ2) is 11.6. The maximum absolute atomic E-state index is 13.5. The summed E-state index contributed by atoms with van der Waals surface area (Å²) in [5.74, 6) is -0.565. The van der Waals surface area contributed by atoms with Crippen LogP contribution in [-0.4, -0.2) is 31.7 Å². The van der Waals surface area contributed by atoms with Crippen molar-refractivity contribution in [1.29, 1.82) is 0 Å². The van der Waals surface area contributed by atoms with E-state index >= 15 is 0 Å². The Balaban J connectivity index is 1.56. The van der Waals surface area contributed by atoms with Crippen LogP contribution in [0.5, 0.6) is 0 Å². The first-order valence-corrected chi connectivity index (χ1v) is 14.6. The second-order valence-corrected chi connectivity index (χ2v) is 12.4. The second-order valence-electron chi connectivity index (χ2n) is 9.61. The largest absolute Gasteiger partial charge is 0.318 e. The molecule has 1 heterocycles. The van der Waals surface area contributed by atoms with Crippen molar-refractivity contribution < 1.29 is 13.2 Å². The number of benzene rings is 3. The van der Waals surface area contributed by atoms with E-state index in [0.29, 0.717) is 10.2 Å². The van der Waals surface area contributed by atoms with E-state index in [1.165, 1.54) is 23.3 Å². The quantitative estimate of drug-likeness (QED) is 0.193. The average Bonchev–Trinajstić information content (AvgIpc) is 3.14. The van der Waals surface area contributed by atoms with Gasteiger partial charge in [-0.3, -0.25) is 9.10 Å². The van der Waals surface area contributed by atoms with Crippen molar-refractivity contribution >= 4 is 43.8 Å². The summed E-state index contributed by atoms with van der Waals surface area (Å²) in [4.78, 5) is 13.0. The Kier molecular flexibility index (Phi) is 8.42. The van der Waals surface area contributed by atoms with Crippen LogP contribution in [0.25, 0.3) is 5.69 Å². The van der Waals surface area contributed by atoms with Crippen LogP contribution in [0.1, 0.15) is 33.6 Å². The van der Waals surface area contributed by atoms with Gasteiger partial charge < -0.3 is 4.57 Å². The van der Waals surface area contributed by atoms with Gasteiger partial charge in [-0.05, 0) is 94.3 Å². The summed E-state index contributed by atoms with van der Waals surface area (Å²) >= 11 is 3.39. The lowest BCUT2D eigenvalue weighted by Gasteiger charge is -2.24. The third kappa shape index (κ3) is 6.49. The molecule has 7 nitrogen and oxygen atoms in total. The van der Waals surface area contributed by atoms with Crippen LogP contribution in [0.4, 0.5) is 5.69 Å². The molecule has 0 atom stereocenters. The lowest BCUT2D eigenvalue weighted by Crippen LogP contribution is -2.39. The van der Waals surface area contributed by atoms with Gasteiger partial charge in [0.15, 0.2) is 0 Å². The summed E-state index contributed by atoms with van der Waals surface area (Å²) in [6.45, 7) is 9.60. The van der Waals surface area contributed by atoms with E-state index in [1.807, 2.05) is 26.8 Å². The van der Waals surface area contributed by atoms with Crippen LogP contribution in [0.3, 0.4) is 0 Å². The standard InChI is InChI=1S/C30H31BrN4O3S/c1-20-9-11-29(12-10-20)39(37,38)34(27-8-6-7-26(31)17-27)19-30(36)33-32-18-25-16-23(4)35(24(25)5)28-14-21(2)13-22(3)15-28/h6-18H,19H2,1-5H3,(H,33,36)/b32-18-. The predicted octanol–water partition coefficient (Wildman–Crippen LogP) is 6.13. The van der Waals surface area contributed by atoms with E-state index in [0.717, 1.165) is 32.5 Å². The molecule has 0 saturated heterocycles. The Morgan fingerprint density at radius 3 is 2.23 bits per heavy atom. The molecule has 0 spiro atoms. The van der Waals surface area contributed by atoms with E-state index in [4.69, 9.17) is 0 Å². The van der Waals surface area contributed by atoms with Crippen molar-refractivity contribution in [3.05, 3.63) is 111 Å². The van der Waals surface area contributed by atoms with Crippen molar-refractivity contribution in [3.8, 4) is 5.69 Å². The van der Waals surface area contributed by atoms with Crippen molar-refractivity contribution in [1.82, 2.24) is 9.99 Å². The highest BCUT2D eigenvalue weighted by Crippen LogP contribution is 2.26. The molecule has 202 valence electrons. The number of nitrogens with one attached hydrogen (secondary N) is 1. The number of aromatic nitrogens is 1. The fourth-order valence-corrected chi connectivity index (χ4v) is 6.32. The number of rotatable bonds is 8.